The molecule has 4 nitrogen and oxygen atoms in total. The van der Waals surface area contributed by atoms with Crippen molar-refractivity contribution in [1.82, 2.24) is 5.32 Å². The summed E-state index contributed by atoms with van der Waals surface area (Å²) in [6.07, 6.45) is 1.26. The number of hydrogen-bond donors (Lipinski definition) is 2. The molecule has 0 saturated carbocycles. The normalized spacial score (nSPS) is 17.4. The molecule has 0 bridgehead atoms. The number of amides is 1. The quantitative estimate of drug-likeness (QED) is 0.815. The molecule has 1 amide bonds. The Bertz CT molecular complexity index is 536. The van der Waals surface area contributed by atoms with E-state index in [1.807, 2.05) is 25.1 Å². The van der Waals surface area contributed by atoms with Crippen LogP contribution < -0.4 is 5.32 Å². The first-order valence-electron chi connectivity index (χ1n) is 6.79. The molecule has 20 heavy (non-hydrogen) atoms. The van der Waals surface area contributed by atoms with Crippen molar-refractivity contribution in [3.8, 4) is 11.8 Å². The van der Waals surface area contributed by atoms with Gasteiger partial charge >= 0.3 is 0 Å². The molecule has 2 rings (SSSR count). The number of aryl methyl sites for hydroxylation is 1. The van der Waals surface area contributed by atoms with Crippen LogP contribution in [0.3, 0.4) is 0 Å². The Hall–Kier alpha value is -1.83. The molecular formula is C16H19NO3. The van der Waals surface area contributed by atoms with Crippen molar-refractivity contribution < 1.29 is 14.6 Å². The molecule has 1 heterocycles. The summed E-state index contributed by atoms with van der Waals surface area (Å²) < 4.78 is 5.26. The lowest BCUT2D eigenvalue weighted by atomic mass is 10.0. The van der Waals surface area contributed by atoms with Crippen LogP contribution in [-0.2, 0) is 4.74 Å². The molecule has 0 spiro atoms. The van der Waals surface area contributed by atoms with Crippen LogP contribution in [0.15, 0.2) is 18.2 Å². The topological polar surface area (TPSA) is 58.6 Å². The van der Waals surface area contributed by atoms with Gasteiger partial charge in [0, 0.05) is 18.6 Å². The summed E-state index contributed by atoms with van der Waals surface area (Å²) >= 11 is 0. The maximum absolute atomic E-state index is 12.3. The van der Waals surface area contributed by atoms with Crippen molar-refractivity contribution in [2.24, 2.45) is 0 Å². The summed E-state index contributed by atoms with van der Waals surface area (Å²) in [6.45, 7) is 3.24. The molecule has 106 valence electrons. The van der Waals surface area contributed by atoms with Gasteiger partial charge in [-0.15, -0.1) is 0 Å². The number of carbonyl (C=O) groups is 1. The van der Waals surface area contributed by atoms with Crippen LogP contribution in [-0.4, -0.2) is 36.9 Å². The third-order valence-electron chi connectivity index (χ3n) is 3.14. The summed E-state index contributed by atoms with van der Waals surface area (Å²) in [5.41, 5.74) is 2.30. The van der Waals surface area contributed by atoms with Crippen molar-refractivity contribution in [3.05, 3.63) is 34.9 Å². The van der Waals surface area contributed by atoms with Gasteiger partial charge in [-0.2, -0.15) is 0 Å². The number of aliphatic hydroxyl groups is 1. The third-order valence-corrected chi connectivity index (χ3v) is 3.14. The summed E-state index contributed by atoms with van der Waals surface area (Å²) in [5, 5.41) is 11.7. The van der Waals surface area contributed by atoms with Gasteiger partial charge in [0.25, 0.3) is 5.91 Å². The Kier molecular flexibility index (Phi) is 5.16. The van der Waals surface area contributed by atoms with Gasteiger partial charge in [0.05, 0.1) is 24.8 Å². The molecule has 4 heteroatoms. The molecule has 1 aromatic rings. The third kappa shape index (κ3) is 3.83. The molecule has 0 aliphatic carbocycles. The second-order valence-electron chi connectivity index (χ2n) is 4.86. The van der Waals surface area contributed by atoms with Crippen LogP contribution in [0.25, 0.3) is 0 Å². The smallest absolute Gasteiger partial charge is 0.252 e. The SMILES string of the molecule is Cc1ccc(C#CCCO)c(C(=O)NC2CCOC2)c1. The van der Waals surface area contributed by atoms with E-state index in [0.717, 1.165) is 12.0 Å². The fraction of sp³-hybridized carbons (Fsp3) is 0.438. The number of nitrogens with one attached hydrogen (secondary N) is 1. The highest BCUT2D eigenvalue weighted by Crippen LogP contribution is 2.12. The Morgan fingerprint density at radius 1 is 1.55 bits per heavy atom. The Labute approximate surface area is 119 Å². The van der Waals surface area contributed by atoms with Crippen molar-refractivity contribution >= 4 is 5.91 Å². The average Bonchev–Trinajstić information content (AvgIpc) is 2.93. The fourth-order valence-corrected chi connectivity index (χ4v) is 2.08. The molecule has 1 aliphatic heterocycles. The summed E-state index contributed by atoms with van der Waals surface area (Å²) in [7, 11) is 0. The lowest BCUT2D eigenvalue weighted by Crippen LogP contribution is -2.35. The number of ether oxygens (including phenoxy) is 1. The van der Waals surface area contributed by atoms with Crippen molar-refractivity contribution in [2.75, 3.05) is 19.8 Å². The fourth-order valence-electron chi connectivity index (χ4n) is 2.08. The van der Waals surface area contributed by atoms with Gasteiger partial charge < -0.3 is 15.2 Å². The molecule has 1 fully saturated rings. The Morgan fingerprint density at radius 3 is 3.10 bits per heavy atom. The number of rotatable bonds is 3. The van der Waals surface area contributed by atoms with Gasteiger partial charge in [-0.05, 0) is 25.5 Å². The van der Waals surface area contributed by atoms with Crippen molar-refractivity contribution in [3.63, 3.8) is 0 Å². The first-order chi connectivity index (χ1) is 9.70. The molecule has 2 N–H and O–H groups in total. The monoisotopic (exact) mass is 273 g/mol. The van der Waals surface area contributed by atoms with E-state index in [4.69, 9.17) is 9.84 Å². The zero-order valence-electron chi connectivity index (χ0n) is 11.6. The van der Waals surface area contributed by atoms with Gasteiger partial charge in [0.15, 0.2) is 0 Å². The van der Waals surface area contributed by atoms with Crippen LogP contribution >= 0.6 is 0 Å². The summed E-state index contributed by atoms with van der Waals surface area (Å²) in [5.74, 6) is 5.69. The van der Waals surface area contributed by atoms with Gasteiger partial charge in [0.2, 0.25) is 0 Å². The number of carbonyl (C=O) groups excluding carboxylic acids is 1. The second-order valence-corrected chi connectivity index (χ2v) is 4.86. The lowest BCUT2D eigenvalue weighted by Gasteiger charge is -2.12. The Morgan fingerprint density at radius 2 is 2.40 bits per heavy atom. The first kappa shape index (κ1) is 14.6. The van der Waals surface area contributed by atoms with Gasteiger partial charge in [-0.3, -0.25) is 4.79 Å². The predicted octanol–water partition coefficient (Wildman–Crippen LogP) is 1.25. The molecule has 1 unspecified atom stereocenters. The largest absolute Gasteiger partial charge is 0.395 e. The highest BCUT2D eigenvalue weighted by atomic mass is 16.5. The zero-order chi connectivity index (χ0) is 14.4. The highest BCUT2D eigenvalue weighted by Gasteiger charge is 2.19. The number of hydrogen-bond acceptors (Lipinski definition) is 3. The van der Waals surface area contributed by atoms with Crippen molar-refractivity contribution in [1.29, 1.82) is 0 Å². The number of benzene rings is 1. The van der Waals surface area contributed by atoms with Gasteiger partial charge in [-0.1, -0.05) is 23.5 Å². The zero-order valence-corrected chi connectivity index (χ0v) is 11.6. The number of aliphatic hydroxyl groups excluding tert-OH is 1. The second kappa shape index (κ2) is 7.09. The first-order valence-corrected chi connectivity index (χ1v) is 6.79. The Balaban J connectivity index is 2.17. The van der Waals surface area contributed by atoms with Gasteiger partial charge in [-0.25, -0.2) is 0 Å². The summed E-state index contributed by atoms with van der Waals surface area (Å²) in [4.78, 5) is 12.3. The molecule has 1 saturated heterocycles. The summed E-state index contributed by atoms with van der Waals surface area (Å²) in [6, 6.07) is 5.70. The van der Waals surface area contributed by atoms with E-state index < -0.39 is 0 Å². The van der Waals surface area contributed by atoms with E-state index in [1.54, 1.807) is 0 Å². The standard InChI is InChI=1S/C16H19NO3/c1-12-5-6-13(4-2-3-8-18)15(10-12)16(19)17-14-7-9-20-11-14/h5-6,10,14,18H,3,7-9,11H2,1H3,(H,17,19). The maximum Gasteiger partial charge on any atom is 0.252 e. The van der Waals surface area contributed by atoms with E-state index in [-0.39, 0.29) is 18.6 Å². The predicted molar refractivity (Wildman–Crippen MR) is 76.5 cm³/mol. The van der Waals surface area contributed by atoms with Crippen LogP contribution in [0.5, 0.6) is 0 Å². The minimum absolute atomic E-state index is 0.0276. The molecule has 0 radical (unpaired) electrons. The van der Waals surface area contributed by atoms with Crippen LogP contribution in [0.4, 0.5) is 0 Å². The van der Waals surface area contributed by atoms with Crippen LogP contribution in [0.2, 0.25) is 0 Å². The molecular weight excluding hydrogens is 254 g/mol. The van der Waals surface area contributed by atoms with E-state index in [0.29, 0.717) is 30.8 Å². The molecule has 1 aliphatic rings. The highest BCUT2D eigenvalue weighted by molar-refractivity contribution is 5.97. The van der Waals surface area contributed by atoms with E-state index in [9.17, 15) is 4.79 Å². The van der Waals surface area contributed by atoms with Crippen LogP contribution in [0, 0.1) is 18.8 Å². The molecule has 0 aromatic heterocycles. The minimum Gasteiger partial charge on any atom is -0.395 e. The minimum atomic E-state index is -0.113. The van der Waals surface area contributed by atoms with Gasteiger partial charge in [0.1, 0.15) is 0 Å². The van der Waals surface area contributed by atoms with Crippen molar-refractivity contribution in [2.45, 2.75) is 25.8 Å². The average molecular weight is 273 g/mol. The van der Waals surface area contributed by atoms with Crippen LogP contribution in [0.1, 0.15) is 34.3 Å². The lowest BCUT2D eigenvalue weighted by molar-refractivity contribution is 0.0929. The van der Waals surface area contributed by atoms with E-state index in [2.05, 4.69) is 17.2 Å². The maximum atomic E-state index is 12.3. The van der Waals surface area contributed by atoms with E-state index in [1.165, 1.54) is 0 Å². The van der Waals surface area contributed by atoms with E-state index >= 15 is 0 Å². The molecule has 1 aromatic carbocycles. The molecule has 1 atom stereocenters.